The highest BCUT2D eigenvalue weighted by atomic mass is 16.5. The van der Waals surface area contributed by atoms with E-state index in [0.717, 1.165) is 5.82 Å². The van der Waals surface area contributed by atoms with Gasteiger partial charge < -0.3 is 15.4 Å². The van der Waals surface area contributed by atoms with Gasteiger partial charge >= 0.3 is 0 Å². The molecule has 1 amide bonds. The Morgan fingerprint density at radius 1 is 1.24 bits per heavy atom. The first-order chi connectivity index (χ1) is 10.3. The molecule has 0 saturated carbocycles. The number of amides is 1. The molecule has 0 saturated heterocycles. The van der Waals surface area contributed by atoms with E-state index in [9.17, 15) is 4.79 Å². The Labute approximate surface area is 123 Å². The molecule has 5 heteroatoms. The van der Waals surface area contributed by atoms with Gasteiger partial charge in [-0.3, -0.25) is 4.79 Å². The molecule has 2 aromatic rings. The number of carbonyl (C=O) groups is 1. The van der Waals surface area contributed by atoms with Crippen LogP contribution >= 0.6 is 0 Å². The monoisotopic (exact) mass is 283 g/mol. The number of benzene rings is 1. The molecule has 2 N–H and O–H groups in total. The number of rotatable bonds is 7. The molecule has 1 heterocycles. The number of aromatic nitrogens is 1. The number of para-hydroxylation sites is 1. The summed E-state index contributed by atoms with van der Waals surface area (Å²) in [7, 11) is 0. The second-order valence-electron chi connectivity index (χ2n) is 4.25. The fourth-order valence-corrected chi connectivity index (χ4v) is 1.61. The summed E-state index contributed by atoms with van der Waals surface area (Å²) in [5.41, 5.74) is 0.626. The van der Waals surface area contributed by atoms with Gasteiger partial charge in [0.2, 0.25) is 0 Å². The third-order valence-electron chi connectivity index (χ3n) is 2.59. The fourth-order valence-electron chi connectivity index (χ4n) is 1.61. The summed E-state index contributed by atoms with van der Waals surface area (Å²) in [5.74, 6) is 1.16. The Morgan fingerprint density at radius 3 is 2.71 bits per heavy atom. The highest BCUT2D eigenvalue weighted by Crippen LogP contribution is 2.11. The summed E-state index contributed by atoms with van der Waals surface area (Å²) in [6.07, 6.45) is 3.34. The van der Waals surface area contributed by atoms with Crippen molar-refractivity contribution in [1.82, 2.24) is 4.98 Å². The third kappa shape index (κ3) is 4.99. The lowest BCUT2D eigenvalue weighted by atomic mass is 10.3. The molecular formula is C16H17N3O2. The maximum Gasteiger partial charge on any atom is 0.262 e. The zero-order chi connectivity index (χ0) is 14.9. The van der Waals surface area contributed by atoms with E-state index in [-0.39, 0.29) is 12.5 Å². The molecule has 2 rings (SSSR count). The number of hydrogen-bond donors (Lipinski definition) is 2. The quantitative estimate of drug-likeness (QED) is 0.767. The van der Waals surface area contributed by atoms with E-state index in [0.29, 0.717) is 18.0 Å². The maximum absolute atomic E-state index is 11.7. The largest absolute Gasteiger partial charge is 0.484 e. The van der Waals surface area contributed by atoms with Gasteiger partial charge in [-0.2, -0.15) is 0 Å². The summed E-state index contributed by atoms with van der Waals surface area (Å²) >= 11 is 0. The van der Waals surface area contributed by atoms with E-state index in [4.69, 9.17) is 4.74 Å². The van der Waals surface area contributed by atoms with Crippen molar-refractivity contribution in [3.8, 4) is 5.75 Å². The minimum atomic E-state index is -0.229. The molecule has 0 aliphatic carbocycles. The van der Waals surface area contributed by atoms with Crippen molar-refractivity contribution in [2.45, 2.75) is 0 Å². The van der Waals surface area contributed by atoms with Gasteiger partial charge in [0.15, 0.2) is 6.61 Å². The molecule has 0 aliphatic heterocycles. The van der Waals surface area contributed by atoms with Crippen molar-refractivity contribution in [3.05, 3.63) is 61.3 Å². The van der Waals surface area contributed by atoms with Crippen molar-refractivity contribution in [1.29, 1.82) is 0 Å². The highest BCUT2D eigenvalue weighted by Gasteiger charge is 2.04. The Bertz CT molecular complexity index is 582. The van der Waals surface area contributed by atoms with Crippen molar-refractivity contribution >= 4 is 17.4 Å². The molecule has 1 aromatic carbocycles. The van der Waals surface area contributed by atoms with Crippen LogP contribution in [0.4, 0.5) is 11.5 Å². The van der Waals surface area contributed by atoms with E-state index in [1.165, 1.54) is 0 Å². The van der Waals surface area contributed by atoms with Gasteiger partial charge in [0.1, 0.15) is 11.6 Å². The molecule has 1 aromatic heterocycles. The zero-order valence-corrected chi connectivity index (χ0v) is 11.6. The minimum absolute atomic E-state index is 0.0412. The smallest absolute Gasteiger partial charge is 0.262 e. The number of nitrogens with zero attached hydrogens (tertiary/aromatic N) is 1. The van der Waals surface area contributed by atoms with E-state index in [1.54, 1.807) is 36.5 Å². The van der Waals surface area contributed by atoms with E-state index in [1.807, 2.05) is 18.2 Å². The molecule has 0 fully saturated rings. The van der Waals surface area contributed by atoms with E-state index in [2.05, 4.69) is 22.2 Å². The van der Waals surface area contributed by atoms with Crippen LogP contribution in [0.2, 0.25) is 0 Å². The van der Waals surface area contributed by atoms with Crippen molar-refractivity contribution in [3.63, 3.8) is 0 Å². The molecule has 0 bridgehead atoms. The molecule has 0 aliphatic rings. The molecule has 0 unspecified atom stereocenters. The lowest BCUT2D eigenvalue weighted by Crippen LogP contribution is -2.20. The Morgan fingerprint density at radius 2 is 2.05 bits per heavy atom. The van der Waals surface area contributed by atoms with Crippen LogP contribution < -0.4 is 15.4 Å². The minimum Gasteiger partial charge on any atom is -0.484 e. The number of pyridine rings is 1. The van der Waals surface area contributed by atoms with Gasteiger partial charge in [-0.25, -0.2) is 4.98 Å². The van der Waals surface area contributed by atoms with Crippen LogP contribution in [0.25, 0.3) is 0 Å². The summed E-state index contributed by atoms with van der Waals surface area (Å²) in [5, 5.41) is 5.78. The number of hydrogen-bond acceptors (Lipinski definition) is 4. The lowest BCUT2D eigenvalue weighted by molar-refractivity contribution is -0.118. The van der Waals surface area contributed by atoms with Gasteiger partial charge in [-0.15, -0.1) is 6.58 Å². The molecular weight excluding hydrogens is 266 g/mol. The van der Waals surface area contributed by atoms with Crippen molar-refractivity contribution < 1.29 is 9.53 Å². The van der Waals surface area contributed by atoms with Crippen LogP contribution in [-0.4, -0.2) is 24.0 Å². The Kier molecular flexibility index (Phi) is 5.34. The van der Waals surface area contributed by atoms with Crippen LogP contribution in [0, 0.1) is 0 Å². The van der Waals surface area contributed by atoms with Crippen molar-refractivity contribution in [2.24, 2.45) is 0 Å². The summed E-state index contributed by atoms with van der Waals surface area (Å²) < 4.78 is 5.36. The van der Waals surface area contributed by atoms with Crippen LogP contribution in [-0.2, 0) is 4.79 Å². The number of nitrogens with one attached hydrogen (secondary N) is 2. The highest BCUT2D eigenvalue weighted by molar-refractivity contribution is 5.91. The number of carbonyl (C=O) groups excluding carboxylic acids is 1. The van der Waals surface area contributed by atoms with Crippen molar-refractivity contribution in [2.75, 3.05) is 23.8 Å². The van der Waals surface area contributed by atoms with Gasteiger partial charge in [-0.1, -0.05) is 24.3 Å². The molecule has 0 radical (unpaired) electrons. The Balaban J connectivity index is 1.80. The van der Waals surface area contributed by atoms with Crippen LogP contribution in [0.1, 0.15) is 0 Å². The average Bonchev–Trinajstić information content (AvgIpc) is 2.53. The standard InChI is InChI=1S/C16H17N3O2/c1-2-10-17-15-9-8-13(11-18-15)19-16(20)12-21-14-6-4-3-5-7-14/h2-9,11H,1,10,12H2,(H,17,18)(H,19,20). The van der Waals surface area contributed by atoms with E-state index >= 15 is 0 Å². The fraction of sp³-hybridized carbons (Fsp3) is 0.125. The predicted octanol–water partition coefficient (Wildman–Crippen LogP) is 2.70. The number of ether oxygens (including phenoxy) is 1. The molecule has 0 atom stereocenters. The second-order valence-corrected chi connectivity index (χ2v) is 4.25. The first kappa shape index (κ1) is 14.6. The maximum atomic E-state index is 11.7. The lowest BCUT2D eigenvalue weighted by Gasteiger charge is -2.08. The Hall–Kier alpha value is -2.82. The zero-order valence-electron chi connectivity index (χ0n) is 11.6. The average molecular weight is 283 g/mol. The SMILES string of the molecule is C=CCNc1ccc(NC(=O)COc2ccccc2)cn1. The molecule has 5 nitrogen and oxygen atoms in total. The molecule has 21 heavy (non-hydrogen) atoms. The van der Waals surface area contributed by atoms with Crippen LogP contribution in [0.15, 0.2) is 61.3 Å². The summed E-state index contributed by atoms with van der Waals surface area (Å²) in [4.78, 5) is 15.9. The summed E-state index contributed by atoms with van der Waals surface area (Å²) in [6, 6.07) is 12.8. The van der Waals surface area contributed by atoms with Crippen LogP contribution in [0.5, 0.6) is 5.75 Å². The van der Waals surface area contributed by atoms with Crippen LogP contribution in [0.3, 0.4) is 0 Å². The first-order valence-corrected chi connectivity index (χ1v) is 6.56. The third-order valence-corrected chi connectivity index (χ3v) is 2.59. The number of anilines is 2. The van der Waals surface area contributed by atoms with Gasteiger partial charge in [0.05, 0.1) is 11.9 Å². The second kappa shape index (κ2) is 7.69. The predicted molar refractivity (Wildman–Crippen MR) is 83.5 cm³/mol. The summed E-state index contributed by atoms with van der Waals surface area (Å²) in [6.45, 7) is 4.22. The van der Waals surface area contributed by atoms with E-state index < -0.39 is 0 Å². The molecule has 0 spiro atoms. The van der Waals surface area contributed by atoms with Gasteiger partial charge in [0, 0.05) is 6.54 Å². The van der Waals surface area contributed by atoms with Gasteiger partial charge in [0.25, 0.3) is 5.91 Å². The first-order valence-electron chi connectivity index (χ1n) is 6.56. The normalized spacial score (nSPS) is 9.71. The van der Waals surface area contributed by atoms with Gasteiger partial charge in [-0.05, 0) is 24.3 Å². The topological polar surface area (TPSA) is 63.2 Å². The molecule has 108 valence electrons.